The average Bonchev–Trinajstić information content (AvgIpc) is 3.13. The molecular weight excluding hydrogens is 338 g/mol. The molecule has 0 aliphatic carbocycles. The summed E-state index contributed by atoms with van der Waals surface area (Å²) in [6, 6.07) is 10.8. The average molecular weight is 374 g/mol. The molecule has 0 saturated carbocycles. The topological polar surface area (TPSA) is 68.8 Å². The Balaban J connectivity index is 1.95. The summed E-state index contributed by atoms with van der Waals surface area (Å²) in [6.45, 7) is 11.5. The van der Waals surface area contributed by atoms with Gasteiger partial charge < -0.3 is 20.9 Å². The lowest BCUT2D eigenvalue weighted by molar-refractivity contribution is -0.129. The van der Waals surface area contributed by atoms with Crippen molar-refractivity contribution in [2.45, 2.75) is 52.6 Å². The number of hydrogen-bond acceptors (Lipinski definition) is 3. The fourth-order valence-electron chi connectivity index (χ4n) is 3.20. The first kappa shape index (κ1) is 21.1. The van der Waals surface area contributed by atoms with Crippen molar-refractivity contribution >= 4 is 17.6 Å². The number of amides is 1. The van der Waals surface area contributed by atoms with Gasteiger partial charge in [-0.3, -0.25) is 9.79 Å². The van der Waals surface area contributed by atoms with Gasteiger partial charge in [-0.2, -0.15) is 0 Å². The first-order valence-electron chi connectivity index (χ1n) is 10.2. The van der Waals surface area contributed by atoms with Crippen LogP contribution in [0.4, 0.5) is 5.69 Å². The zero-order chi connectivity index (χ0) is 19.6. The maximum atomic E-state index is 11.9. The Morgan fingerprint density at radius 1 is 1.26 bits per heavy atom. The summed E-state index contributed by atoms with van der Waals surface area (Å²) in [5, 5.41) is 10.4. The van der Waals surface area contributed by atoms with Crippen LogP contribution >= 0.6 is 0 Å². The highest BCUT2D eigenvalue weighted by Crippen LogP contribution is 2.13. The fraction of sp³-hybridized carbons (Fsp3) is 0.619. The van der Waals surface area contributed by atoms with E-state index in [1.807, 2.05) is 30.0 Å². The molecule has 6 heteroatoms. The minimum atomic E-state index is 0.230. The van der Waals surface area contributed by atoms with Crippen molar-refractivity contribution in [1.29, 1.82) is 0 Å². The van der Waals surface area contributed by atoms with Crippen LogP contribution in [0.3, 0.4) is 0 Å². The van der Waals surface area contributed by atoms with E-state index < -0.39 is 0 Å². The van der Waals surface area contributed by atoms with Crippen LogP contribution in [0.5, 0.6) is 0 Å². The smallest absolute Gasteiger partial charge is 0.222 e. The van der Waals surface area contributed by atoms with Crippen LogP contribution < -0.4 is 16.0 Å². The summed E-state index contributed by atoms with van der Waals surface area (Å²) >= 11 is 0. The summed E-state index contributed by atoms with van der Waals surface area (Å²) in [5.41, 5.74) is 1.12. The zero-order valence-corrected chi connectivity index (χ0v) is 17.2. The van der Waals surface area contributed by atoms with Gasteiger partial charge in [0.1, 0.15) is 0 Å². The van der Waals surface area contributed by atoms with Crippen molar-refractivity contribution in [3.8, 4) is 0 Å². The second kappa shape index (κ2) is 10.8. The second-order valence-electron chi connectivity index (χ2n) is 7.40. The van der Waals surface area contributed by atoms with Gasteiger partial charge in [-0.15, -0.1) is 0 Å². The number of hydrogen-bond donors (Lipinski definition) is 3. The molecule has 1 aliphatic heterocycles. The van der Waals surface area contributed by atoms with E-state index in [9.17, 15) is 4.79 Å². The van der Waals surface area contributed by atoms with Crippen LogP contribution in [0, 0.1) is 5.92 Å². The molecule has 1 aromatic rings. The minimum Gasteiger partial charge on any atom is -0.380 e. The number of anilines is 1. The monoisotopic (exact) mass is 373 g/mol. The van der Waals surface area contributed by atoms with E-state index in [2.05, 4.69) is 48.9 Å². The van der Waals surface area contributed by atoms with Crippen LogP contribution in [0.1, 0.15) is 40.5 Å². The Morgan fingerprint density at radius 2 is 2.00 bits per heavy atom. The molecular formula is C21H35N5O. The van der Waals surface area contributed by atoms with Crippen molar-refractivity contribution in [3.63, 3.8) is 0 Å². The molecule has 1 fully saturated rings. The predicted molar refractivity (Wildman–Crippen MR) is 113 cm³/mol. The lowest BCUT2D eigenvalue weighted by Gasteiger charge is -2.23. The van der Waals surface area contributed by atoms with Gasteiger partial charge in [0.2, 0.25) is 5.91 Å². The molecule has 3 N–H and O–H groups in total. The van der Waals surface area contributed by atoms with E-state index in [1.165, 1.54) is 0 Å². The van der Waals surface area contributed by atoms with Gasteiger partial charge in [-0.1, -0.05) is 39.0 Å². The van der Waals surface area contributed by atoms with Crippen LogP contribution in [-0.4, -0.2) is 55.0 Å². The molecule has 1 aromatic carbocycles. The maximum Gasteiger partial charge on any atom is 0.222 e. The first-order valence-corrected chi connectivity index (χ1v) is 10.2. The first-order chi connectivity index (χ1) is 13.0. The molecule has 0 spiro atoms. The predicted octanol–water partition coefficient (Wildman–Crippen LogP) is 2.69. The van der Waals surface area contributed by atoms with Gasteiger partial charge in [0.15, 0.2) is 5.96 Å². The number of guanidine groups is 1. The minimum absolute atomic E-state index is 0.230. The van der Waals surface area contributed by atoms with Crippen LogP contribution in [0.15, 0.2) is 35.3 Å². The number of nitrogens with one attached hydrogen (secondary N) is 3. The SMILES string of the molecule is CCNC(=NCC(Nc1ccccc1)C(C)C)NC1CCN(C(=O)CC)C1. The summed E-state index contributed by atoms with van der Waals surface area (Å²) in [6.07, 6.45) is 1.54. The van der Waals surface area contributed by atoms with E-state index in [-0.39, 0.29) is 18.0 Å². The molecule has 1 amide bonds. The lowest BCUT2D eigenvalue weighted by atomic mass is 10.0. The van der Waals surface area contributed by atoms with E-state index in [0.29, 0.717) is 18.9 Å². The molecule has 1 saturated heterocycles. The third-order valence-electron chi connectivity index (χ3n) is 4.91. The lowest BCUT2D eigenvalue weighted by Crippen LogP contribution is -2.45. The maximum absolute atomic E-state index is 11.9. The molecule has 2 rings (SSSR count). The summed E-state index contributed by atoms with van der Waals surface area (Å²) < 4.78 is 0. The molecule has 6 nitrogen and oxygen atoms in total. The number of benzene rings is 1. The quantitative estimate of drug-likeness (QED) is 0.484. The summed E-state index contributed by atoms with van der Waals surface area (Å²) in [4.78, 5) is 18.6. The highest BCUT2D eigenvalue weighted by atomic mass is 16.2. The molecule has 150 valence electrons. The molecule has 27 heavy (non-hydrogen) atoms. The van der Waals surface area contributed by atoms with Gasteiger partial charge in [0.25, 0.3) is 0 Å². The fourth-order valence-corrected chi connectivity index (χ4v) is 3.20. The third kappa shape index (κ3) is 6.77. The molecule has 0 aromatic heterocycles. The number of carbonyl (C=O) groups excluding carboxylic acids is 1. The van der Waals surface area contributed by atoms with Crippen LogP contribution in [0.2, 0.25) is 0 Å². The molecule has 0 bridgehead atoms. The van der Waals surface area contributed by atoms with E-state index in [4.69, 9.17) is 4.99 Å². The third-order valence-corrected chi connectivity index (χ3v) is 4.91. The van der Waals surface area contributed by atoms with E-state index in [0.717, 1.165) is 37.7 Å². The van der Waals surface area contributed by atoms with Crippen LogP contribution in [0.25, 0.3) is 0 Å². The number of likely N-dealkylation sites (tertiary alicyclic amines) is 1. The van der Waals surface area contributed by atoms with E-state index in [1.54, 1.807) is 0 Å². The van der Waals surface area contributed by atoms with Crippen LogP contribution in [-0.2, 0) is 4.79 Å². The largest absolute Gasteiger partial charge is 0.380 e. The highest BCUT2D eigenvalue weighted by molar-refractivity contribution is 5.80. The Morgan fingerprint density at radius 3 is 2.63 bits per heavy atom. The number of rotatable bonds is 8. The molecule has 1 heterocycles. The Labute approximate surface area is 163 Å². The van der Waals surface area contributed by atoms with Gasteiger partial charge in [0, 0.05) is 43.8 Å². The summed E-state index contributed by atoms with van der Waals surface area (Å²) in [5.74, 6) is 1.52. The highest BCUT2D eigenvalue weighted by Gasteiger charge is 2.25. The number of para-hydroxylation sites is 1. The second-order valence-corrected chi connectivity index (χ2v) is 7.40. The molecule has 1 aliphatic rings. The Bertz CT molecular complexity index is 602. The number of carbonyl (C=O) groups is 1. The molecule has 2 atom stereocenters. The Hall–Kier alpha value is -2.24. The van der Waals surface area contributed by atoms with Gasteiger partial charge in [0.05, 0.1) is 6.54 Å². The van der Waals surface area contributed by atoms with Gasteiger partial charge >= 0.3 is 0 Å². The van der Waals surface area contributed by atoms with Gasteiger partial charge in [-0.05, 0) is 31.4 Å². The standard InChI is InChI=1S/C21H35N5O/c1-5-20(27)26-13-12-18(15-26)25-21(22-6-2)23-14-19(16(3)4)24-17-10-8-7-9-11-17/h7-11,16,18-19,24H,5-6,12-15H2,1-4H3,(H2,22,23,25). The summed E-state index contributed by atoms with van der Waals surface area (Å²) in [7, 11) is 0. The Kier molecular flexibility index (Phi) is 8.43. The zero-order valence-electron chi connectivity index (χ0n) is 17.2. The molecule has 0 radical (unpaired) electrons. The van der Waals surface area contributed by atoms with Gasteiger partial charge in [-0.25, -0.2) is 0 Å². The van der Waals surface area contributed by atoms with Crippen molar-refractivity contribution < 1.29 is 4.79 Å². The normalized spacial score (nSPS) is 18.5. The van der Waals surface area contributed by atoms with Crippen molar-refractivity contribution in [2.75, 3.05) is 31.5 Å². The van der Waals surface area contributed by atoms with E-state index >= 15 is 0 Å². The number of nitrogens with zero attached hydrogens (tertiary/aromatic N) is 2. The molecule has 2 unspecified atom stereocenters. The number of aliphatic imine (C=N–C) groups is 1. The van der Waals surface area contributed by atoms with Crippen molar-refractivity contribution in [2.24, 2.45) is 10.9 Å². The van der Waals surface area contributed by atoms with Crippen molar-refractivity contribution in [1.82, 2.24) is 15.5 Å². The van der Waals surface area contributed by atoms with Crippen molar-refractivity contribution in [3.05, 3.63) is 30.3 Å².